The summed E-state index contributed by atoms with van der Waals surface area (Å²) in [7, 11) is 0. The van der Waals surface area contributed by atoms with Crippen LogP contribution in [0.5, 0.6) is 0 Å². The van der Waals surface area contributed by atoms with Gasteiger partial charge in [0, 0.05) is 19.5 Å². The Kier molecular flexibility index (Phi) is 5.26. The van der Waals surface area contributed by atoms with Gasteiger partial charge in [-0.25, -0.2) is 0 Å². The Labute approximate surface area is 134 Å². The van der Waals surface area contributed by atoms with Gasteiger partial charge in [0.2, 0.25) is 5.91 Å². The van der Waals surface area contributed by atoms with Gasteiger partial charge in [-0.15, -0.1) is 0 Å². The Balaban J connectivity index is 1.85. The average Bonchev–Trinajstić information content (AvgIpc) is 2.46. The second-order valence-corrected chi connectivity index (χ2v) is 7.25. The molecule has 1 atom stereocenters. The first-order chi connectivity index (χ1) is 10.6. The van der Waals surface area contributed by atoms with E-state index < -0.39 is 23.5 Å². The van der Waals surface area contributed by atoms with E-state index in [0.29, 0.717) is 32.2 Å². The Morgan fingerprint density at radius 3 is 2.35 bits per heavy atom. The summed E-state index contributed by atoms with van der Waals surface area (Å²) in [4.78, 5) is 25.3. The fourth-order valence-corrected chi connectivity index (χ4v) is 3.70. The molecule has 1 saturated carbocycles. The number of alkyl halides is 3. The van der Waals surface area contributed by atoms with E-state index in [1.54, 1.807) is 11.8 Å². The smallest absolute Gasteiger partial charge is 0.391 e. The van der Waals surface area contributed by atoms with Crippen LogP contribution in [0.3, 0.4) is 0 Å². The molecule has 132 valence electrons. The molecule has 7 heteroatoms. The fourth-order valence-electron chi connectivity index (χ4n) is 3.70. The molecular weight excluding hydrogens is 311 g/mol. The lowest BCUT2D eigenvalue weighted by atomic mass is 9.79. The van der Waals surface area contributed by atoms with Gasteiger partial charge in [-0.1, -0.05) is 0 Å². The van der Waals surface area contributed by atoms with Crippen LogP contribution in [0.15, 0.2) is 0 Å². The van der Waals surface area contributed by atoms with Gasteiger partial charge in [-0.05, 0) is 51.4 Å². The van der Waals surface area contributed by atoms with Crippen LogP contribution in [-0.2, 0) is 9.59 Å². The molecule has 0 aromatic carbocycles. The summed E-state index contributed by atoms with van der Waals surface area (Å²) in [5.41, 5.74) is -0.915. The van der Waals surface area contributed by atoms with E-state index in [2.05, 4.69) is 0 Å². The number of carboxylic acid groups (broad SMARTS) is 1. The van der Waals surface area contributed by atoms with Crippen LogP contribution < -0.4 is 0 Å². The van der Waals surface area contributed by atoms with Crippen LogP contribution in [0, 0.1) is 17.3 Å². The Hall–Kier alpha value is -1.27. The lowest BCUT2D eigenvalue weighted by molar-refractivity contribution is -0.184. The van der Waals surface area contributed by atoms with Gasteiger partial charge in [-0.2, -0.15) is 13.2 Å². The summed E-state index contributed by atoms with van der Waals surface area (Å²) >= 11 is 0. The molecule has 1 aliphatic heterocycles. The van der Waals surface area contributed by atoms with Gasteiger partial charge in [0.15, 0.2) is 0 Å². The number of hydrogen-bond donors (Lipinski definition) is 1. The normalized spacial score (nSPS) is 32.6. The molecule has 2 aliphatic rings. The summed E-state index contributed by atoms with van der Waals surface area (Å²) < 4.78 is 38.0. The van der Waals surface area contributed by atoms with E-state index >= 15 is 0 Å². The SMILES string of the molecule is CC1(C(=O)O)CCCN(C(=O)CC2CCC(C(F)(F)F)CC2)C1. The van der Waals surface area contributed by atoms with Crippen LogP contribution in [-0.4, -0.2) is 41.1 Å². The molecule has 23 heavy (non-hydrogen) atoms. The number of amides is 1. The lowest BCUT2D eigenvalue weighted by Crippen LogP contribution is -2.48. The molecule has 1 aliphatic carbocycles. The summed E-state index contributed by atoms with van der Waals surface area (Å²) in [5.74, 6) is -2.27. The van der Waals surface area contributed by atoms with Gasteiger partial charge in [-0.3, -0.25) is 9.59 Å². The molecule has 0 spiro atoms. The minimum Gasteiger partial charge on any atom is -0.481 e. The molecule has 0 bridgehead atoms. The number of nitrogens with zero attached hydrogens (tertiary/aromatic N) is 1. The van der Waals surface area contributed by atoms with E-state index in [4.69, 9.17) is 0 Å². The van der Waals surface area contributed by atoms with Crippen molar-refractivity contribution >= 4 is 11.9 Å². The number of rotatable bonds is 3. The highest BCUT2D eigenvalue weighted by Gasteiger charge is 2.43. The highest BCUT2D eigenvalue weighted by atomic mass is 19.4. The quantitative estimate of drug-likeness (QED) is 0.859. The van der Waals surface area contributed by atoms with Crippen LogP contribution >= 0.6 is 0 Å². The first kappa shape index (κ1) is 18.1. The summed E-state index contributed by atoms with van der Waals surface area (Å²) in [5, 5.41) is 9.28. The number of halogens is 3. The van der Waals surface area contributed by atoms with Crippen molar-refractivity contribution in [2.24, 2.45) is 17.3 Å². The maximum atomic E-state index is 12.7. The molecule has 1 amide bonds. The van der Waals surface area contributed by atoms with Crippen molar-refractivity contribution in [3.8, 4) is 0 Å². The predicted molar refractivity (Wildman–Crippen MR) is 77.7 cm³/mol. The Morgan fingerprint density at radius 1 is 1.22 bits per heavy atom. The van der Waals surface area contributed by atoms with Gasteiger partial charge in [0.1, 0.15) is 0 Å². The fraction of sp³-hybridized carbons (Fsp3) is 0.875. The molecule has 1 N–H and O–H groups in total. The monoisotopic (exact) mass is 335 g/mol. The van der Waals surface area contributed by atoms with E-state index in [1.807, 2.05) is 0 Å². The van der Waals surface area contributed by atoms with Crippen LogP contribution in [0.1, 0.15) is 51.9 Å². The molecule has 1 saturated heterocycles. The largest absolute Gasteiger partial charge is 0.481 e. The van der Waals surface area contributed by atoms with Crippen molar-refractivity contribution < 1.29 is 27.9 Å². The van der Waals surface area contributed by atoms with Crippen molar-refractivity contribution in [2.75, 3.05) is 13.1 Å². The molecule has 0 aromatic heterocycles. The van der Waals surface area contributed by atoms with Crippen molar-refractivity contribution in [3.05, 3.63) is 0 Å². The van der Waals surface area contributed by atoms with Gasteiger partial charge in [0.05, 0.1) is 11.3 Å². The molecule has 4 nitrogen and oxygen atoms in total. The number of likely N-dealkylation sites (tertiary alicyclic amines) is 1. The first-order valence-electron chi connectivity index (χ1n) is 8.20. The zero-order valence-electron chi connectivity index (χ0n) is 13.4. The van der Waals surface area contributed by atoms with Crippen LogP contribution in [0.2, 0.25) is 0 Å². The van der Waals surface area contributed by atoms with Crippen LogP contribution in [0.25, 0.3) is 0 Å². The summed E-state index contributed by atoms with van der Waals surface area (Å²) in [6.45, 7) is 2.38. The predicted octanol–water partition coefficient (Wildman–Crippen LogP) is 3.46. The number of carbonyl (C=O) groups is 2. The van der Waals surface area contributed by atoms with E-state index in [9.17, 15) is 27.9 Å². The second-order valence-electron chi connectivity index (χ2n) is 7.25. The molecule has 2 fully saturated rings. The Morgan fingerprint density at radius 2 is 1.83 bits per heavy atom. The third-order valence-electron chi connectivity index (χ3n) is 5.34. The lowest BCUT2D eigenvalue weighted by Gasteiger charge is -2.38. The second kappa shape index (κ2) is 6.69. The molecule has 1 unspecified atom stereocenters. The molecule has 1 heterocycles. The van der Waals surface area contributed by atoms with Crippen LogP contribution in [0.4, 0.5) is 13.2 Å². The summed E-state index contributed by atoms with van der Waals surface area (Å²) in [6, 6.07) is 0. The third kappa shape index (κ3) is 4.38. The number of carboxylic acids is 1. The minimum atomic E-state index is -4.13. The highest BCUT2D eigenvalue weighted by Crippen LogP contribution is 2.40. The number of hydrogen-bond acceptors (Lipinski definition) is 2. The highest BCUT2D eigenvalue weighted by molar-refractivity contribution is 5.79. The van der Waals surface area contributed by atoms with Crippen molar-refractivity contribution in [3.63, 3.8) is 0 Å². The standard InChI is InChI=1S/C16H24F3NO3/c1-15(14(22)23)7-2-8-20(10-15)13(21)9-11-3-5-12(6-4-11)16(17,18)19/h11-12H,2-10H2,1H3,(H,22,23). The number of piperidine rings is 1. The molecular formula is C16H24F3NO3. The van der Waals surface area contributed by atoms with Crippen molar-refractivity contribution in [1.29, 1.82) is 0 Å². The van der Waals surface area contributed by atoms with E-state index in [1.165, 1.54) is 0 Å². The Bertz CT molecular complexity index is 458. The van der Waals surface area contributed by atoms with E-state index in [-0.39, 0.29) is 37.6 Å². The maximum Gasteiger partial charge on any atom is 0.391 e. The number of aliphatic carboxylic acids is 1. The topological polar surface area (TPSA) is 57.6 Å². The van der Waals surface area contributed by atoms with Crippen molar-refractivity contribution in [1.82, 2.24) is 4.90 Å². The molecule has 0 aromatic rings. The average molecular weight is 335 g/mol. The zero-order valence-corrected chi connectivity index (χ0v) is 13.4. The van der Waals surface area contributed by atoms with Gasteiger partial charge in [0.25, 0.3) is 0 Å². The summed E-state index contributed by atoms with van der Waals surface area (Å²) in [6.07, 6.45) is -1.69. The molecule has 2 rings (SSSR count). The zero-order chi connectivity index (χ0) is 17.3. The van der Waals surface area contributed by atoms with E-state index in [0.717, 1.165) is 0 Å². The first-order valence-corrected chi connectivity index (χ1v) is 8.20. The maximum absolute atomic E-state index is 12.7. The van der Waals surface area contributed by atoms with Gasteiger partial charge < -0.3 is 10.0 Å². The number of carbonyl (C=O) groups excluding carboxylic acids is 1. The minimum absolute atomic E-state index is 0.0147. The van der Waals surface area contributed by atoms with Crippen molar-refractivity contribution in [2.45, 2.75) is 58.0 Å². The van der Waals surface area contributed by atoms with Gasteiger partial charge >= 0.3 is 12.1 Å². The third-order valence-corrected chi connectivity index (χ3v) is 5.34. The molecule has 0 radical (unpaired) electrons.